The second kappa shape index (κ2) is 10.3. The Bertz CT molecular complexity index is 1240. The van der Waals surface area contributed by atoms with Crippen LogP contribution in [0, 0.1) is 0 Å². The molecule has 0 unspecified atom stereocenters. The number of methoxy groups -OCH3 is 1. The zero-order valence-corrected chi connectivity index (χ0v) is 24.7. The van der Waals surface area contributed by atoms with Gasteiger partial charge in [0.15, 0.2) is 0 Å². The van der Waals surface area contributed by atoms with Crippen LogP contribution in [0.15, 0.2) is 28.5 Å². The number of ether oxygens (including phenoxy) is 3. The molecule has 12 heteroatoms. The molecule has 3 heterocycles. The van der Waals surface area contributed by atoms with Gasteiger partial charge in [0.1, 0.15) is 0 Å². The van der Waals surface area contributed by atoms with Crippen molar-refractivity contribution < 1.29 is 19.0 Å². The van der Waals surface area contributed by atoms with Gasteiger partial charge in [-0.3, -0.25) is 0 Å². The first kappa shape index (κ1) is 25.7. The summed E-state index contributed by atoms with van der Waals surface area (Å²) >= 11 is -0.945. The maximum absolute atomic E-state index is 12.2. The zero-order valence-electron chi connectivity index (χ0n) is 21.0. The number of anilines is 1. The van der Waals surface area contributed by atoms with Gasteiger partial charge in [-0.05, 0) is 0 Å². The summed E-state index contributed by atoms with van der Waals surface area (Å²) < 4.78 is 19.7. The Labute approximate surface area is 213 Å². The van der Waals surface area contributed by atoms with Gasteiger partial charge in [-0.1, -0.05) is 0 Å². The molecule has 188 valence electrons. The second-order valence-corrected chi connectivity index (χ2v) is 25.0. The van der Waals surface area contributed by atoms with Crippen LogP contribution in [-0.4, -0.2) is 75.4 Å². The van der Waals surface area contributed by atoms with Crippen molar-refractivity contribution in [3.8, 4) is 11.5 Å². The number of carbonyl (C=O) groups excluding carboxylic acids is 1. The van der Waals surface area contributed by atoms with Gasteiger partial charge in [0, 0.05) is 0 Å². The third-order valence-electron chi connectivity index (χ3n) is 5.82. The minimum atomic E-state index is -2.53. The first-order valence-electron chi connectivity index (χ1n) is 11.5. The topological polar surface area (TPSA) is 118 Å². The Morgan fingerprint density at radius 2 is 1.97 bits per heavy atom. The molecule has 0 bridgehead atoms. The van der Waals surface area contributed by atoms with Crippen LogP contribution in [-0.2, 0) is 11.3 Å². The average Bonchev–Trinajstić information content (AvgIpc) is 3.39. The molecule has 0 spiro atoms. The molecule has 35 heavy (non-hydrogen) atoms. The molecule has 0 saturated carbocycles. The van der Waals surface area contributed by atoms with E-state index in [4.69, 9.17) is 24.9 Å². The van der Waals surface area contributed by atoms with E-state index >= 15 is 0 Å². The fraction of sp³-hybridized carbons (Fsp3) is 0.478. The molecule has 0 saturated heterocycles. The standard InChI is InChI=1S/C20H23N6O4S.3CH3.Sn/c1-12(2)25(20(27)28-3)7-4-8-26-18-16(17(21)22-10-23-18)24-19(26)31-13-5-6-14-15(9-13)30-11-29-14;;;;/h6,9-10,12H,4,7-8,11H2,1-3H3,(H2,21,22,23);3*1H3;. The van der Waals surface area contributed by atoms with E-state index in [2.05, 4.69) is 41.5 Å². The fourth-order valence-corrected chi connectivity index (χ4v) is 11.4. The normalized spacial score (nSPS) is 13.0. The monoisotopic (exact) mass is 608 g/mol. The number of nitrogen functional groups attached to an aromatic ring is 1. The molecule has 0 fully saturated rings. The number of nitrogens with zero attached hydrogens (tertiary/aromatic N) is 5. The molecule has 3 aromatic rings. The summed E-state index contributed by atoms with van der Waals surface area (Å²) in [5.74, 6) is 1.89. The average molecular weight is 607 g/mol. The van der Waals surface area contributed by atoms with Gasteiger partial charge in [0.05, 0.1) is 0 Å². The van der Waals surface area contributed by atoms with E-state index in [1.165, 1.54) is 17.0 Å². The number of aryl methyl sites for hydroxylation is 1. The number of amides is 1. The third-order valence-corrected chi connectivity index (χ3v) is 13.2. The molecule has 0 aliphatic carbocycles. The summed E-state index contributed by atoms with van der Waals surface area (Å²) in [6.45, 7) is 5.33. The molecule has 1 aliphatic rings. The Morgan fingerprint density at radius 1 is 1.26 bits per heavy atom. The molecule has 0 atom stereocenters. The van der Waals surface area contributed by atoms with Crippen molar-refractivity contribution in [1.29, 1.82) is 0 Å². The predicted molar refractivity (Wildman–Crippen MR) is 138 cm³/mol. The summed E-state index contributed by atoms with van der Waals surface area (Å²) in [5, 5.41) is 0.775. The number of benzene rings is 1. The summed E-state index contributed by atoms with van der Waals surface area (Å²) in [7, 11) is 1.40. The number of rotatable bonds is 8. The molecule has 1 aromatic carbocycles. The first-order chi connectivity index (χ1) is 16.6. The Hall–Kier alpha value is -2.41. The van der Waals surface area contributed by atoms with Crippen molar-refractivity contribution in [2.24, 2.45) is 0 Å². The van der Waals surface area contributed by atoms with E-state index in [1.807, 2.05) is 13.8 Å². The van der Waals surface area contributed by atoms with Crippen molar-refractivity contribution in [2.45, 2.75) is 57.7 Å². The van der Waals surface area contributed by atoms with E-state index in [0.717, 1.165) is 21.6 Å². The SMILES string of the molecule is COC(=O)N(CCCn1c(Sc2cc3c(c[c]2[Sn]([CH3])([CH3])[CH3])OCO3)nc2c(N)ncnc21)C(C)C. The van der Waals surface area contributed by atoms with E-state index < -0.39 is 18.4 Å². The molecule has 1 amide bonds. The van der Waals surface area contributed by atoms with Gasteiger partial charge in [-0.2, -0.15) is 0 Å². The first-order valence-corrected chi connectivity index (χ1v) is 22.3. The van der Waals surface area contributed by atoms with Gasteiger partial charge >= 0.3 is 214 Å². The van der Waals surface area contributed by atoms with Crippen molar-refractivity contribution >= 4 is 56.8 Å². The van der Waals surface area contributed by atoms with E-state index in [-0.39, 0.29) is 18.9 Å². The zero-order chi connectivity index (χ0) is 25.3. The van der Waals surface area contributed by atoms with Crippen LogP contribution < -0.4 is 18.8 Å². The number of fused-ring (bicyclic) bond motifs is 2. The van der Waals surface area contributed by atoms with Crippen LogP contribution in [0.2, 0.25) is 14.8 Å². The van der Waals surface area contributed by atoms with Crippen molar-refractivity contribution in [1.82, 2.24) is 24.4 Å². The molecule has 10 nitrogen and oxygen atoms in total. The molecule has 4 rings (SSSR count). The third kappa shape index (κ3) is 5.40. The maximum atomic E-state index is 12.2. The predicted octanol–water partition coefficient (Wildman–Crippen LogP) is 3.70. The number of hydrogen-bond acceptors (Lipinski definition) is 9. The van der Waals surface area contributed by atoms with E-state index in [0.29, 0.717) is 36.5 Å². The summed E-state index contributed by atoms with van der Waals surface area (Å²) in [6, 6.07) is 4.23. The minimum absolute atomic E-state index is 0.0317. The van der Waals surface area contributed by atoms with Crippen LogP contribution >= 0.6 is 11.8 Å². The van der Waals surface area contributed by atoms with Crippen molar-refractivity contribution in [2.75, 3.05) is 26.2 Å². The van der Waals surface area contributed by atoms with Gasteiger partial charge in [0.25, 0.3) is 0 Å². The van der Waals surface area contributed by atoms with Gasteiger partial charge in [0.2, 0.25) is 0 Å². The number of aromatic nitrogens is 4. The molecule has 1 aliphatic heterocycles. The number of nitrogens with two attached hydrogens (primary N) is 1. The molecule has 2 N–H and O–H groups in total. The quantitative estimate of drug-likeness (QED) is 0.383. The number of carbonyl (C=O) groups is 1. The van der Waals surface area contributed by atoms with Crippen LogP contribution in [0.25, 0.3) is 11.2 Å². The summed E-state index contributed by atoms with van der Waals surface area (Å²) in [6.07, 6.45) is 1.82. The molecular formula is C23H32N6O4SSn. The summed E-state index contributed by atoms with van der Waals surface area (Å²) in [4.78, 5) is 35.5. The second-order valence-electron chi connectivity index (χ2n) is 9.64. The Morgan fingerprint density at radius 3 is 2.63 bits per heavy atom. The number of hydrogen-bond donors (Lipinski definition) is 1. The fourth-order valence-electron chi connectivity index (χ4n) is 3.98. The van der Waals surface area contributed by atoms with Crippen molar-refractivity contribution in [3.05, 3.63) is 18.5 Å². The van der Waals surface area contributed by atoms with Gasteiger partial charge < -0.3 is 0 Å². The van der Waals surface area contributed by atoms with Gasteiger partial charge in [-0.15, -0.1) is 0 Å². The van der Waals surface area contributed by atoms with Gasteiger partial charge in [-0.25, -0.2) is 0 Å². The van der Waals surface area contributed by atoms with Crippen molar-refractivity contribution in [3.63, 3.8) is 0 Å². The van der Waals surface area contributed by atoms with Crippen LogP contribution in [0.4, 0.5) is 10.6 Å². The Kier molecular flexibility index (Phi) is 7.55. The molecular weight excluding hydrogens is 575 g/mol. The van der Waals surface area contributed by atoms with Crippen LogP contribution in [0.1, 0.15) is 20.3 Å². The van der Waals surface area contributed by atoms with Crippen LogP contribution in [0.5, 0.6) is 11.5 Å². The van der Waals surface area contributed by atoms with E-state index in [1.54, 1.807) is 16.7 Å². The molecule has 2 aromatic heterocycles. The van der Waals surface area contributed by atoms with E-state index in [9.17, 15) is 4.79 Å². The Balaban J connectivity index is 1.69. The number of imidazole rings is 1. The molecule has 0 radical (unpaired) electrons. The summed E-state index contributed by atoms with van der Waals surface area (Å²) in [5.41, 5.74) is 7.40. The van der Waals surface area contributed by atoms with Crippen LogP contribution in [0.3, 0.4) is 0 Å².